The van der Waals surface area contributed by atoms with E-state index in [0.717, 1.165) is 59.3 Å². The molecular formula is C23H28O4Si. The van der Waals surface area contributed by atoms with Crippen LogP contribution in [-0.4, -0.2) is 30.2 Å². The first-order valence-corrected chi connectivity index (χ1v) is 12.8. The van der Waals surface area contributed by atoms with Gasteiger partial charge in [-0.05, 0) is 49.2 Å². The Kier molecular flexibility index (Phi) is 6.03. The Morgan fingerprint density at radius 1 is 0.786 bits per heavy atom. The summed E-state index contributed by atoms with van der Waals surface area (Å²) in [7, 11) is -1.89. The van der Waals surface area contributed by atoms with E-state index < -0.39 is 20.0 Å². The number of aryl methyl sites for hydroxylation is 2. The molecule has 4 nitrogen and oxygen atoms in total. The van der Waals surface area contributed by atoms with Crippen molar-refractivity contribution in [3.8, 4) is 0 Å². The van der Waals surface area contributed by atoms with Gasteiger partial charge in [0.2, 0.25) is 0 Å². The molecule has 2 aromatic rings. The van der Waals surface area contributed by atoms with Crippen molar-refractivity contribution >= 4 is 20.0 Å². The zero-order chi connectivity index (χ0) is 20.3. The molecule has 2 aromatic carbocycles. The van der Waals surface area contributed by atoms with E-state index in [9.17, 15) is 19.8 Å². The van der Waals surface area contributed by atoms with Gasteiger partial charge in [-0.1, -0.05) is 66.7 Å². The molecule has 3 rings (SSSR count). The van der Waals surface area contributed by atoms with Crippen LogP contribution in [0.3, 0.4) is 0 Å². The maximum Gasteiger partial charge on any atom is 0.335 e. The second kappa shape index (κ2) is 8.31. The average Bonchev–Trinajstić information content (AvgIpc) is 2.62. The summed E-state index contributed by atoms with van der Waals surface area (Å²) in [6, 6.07) is 15.0. The van der Waals surface area contributed by atoms with Crippen molar-refractivity contribution in [2.24, 2.45) is 0 Å². The van der Waals surface area contributed by atoms with E-state index in [-0.39, 0.29) is 0 Å². The molecule has 5 heteroatoms. The van der Waals surface area contributed by atoms with Crippen molar-refractivity contribution in [2.75, 3.05) is 0 Å². The van der Waals surface area contributed by atoms with Crippen LogP contribution in [0, 0.1) is 13.8 Å². The van der Waals surface area contributed by atoms with E-state index in [1.54, 1.807) is 12.1 Å². The Bertz CT molecular complexity index is 830. The quantitative estimate of drug-likeness (QED) is 0.659. The van der Waals surface area contributed by atoms with Crippen LogP contribution in [0.15, 0.2) is 36.4 Å². The second-order valence-corrected chi connectivity index (χ2v) is 13.1. The van der Waals surface area contributed by atoms with Gasteiger partial charge >= 0.3 is 11.9 Å². The summed E-state index contributed by atoms with van der Waals surface area (Å²) in [6.45, 7) is 3.99. The first kappa shape index (κ1) is 20.3. The number of aromatic carboxylic acids is 2. The van der Waals surface area contributed by atoms with Gasteiger partial charge in [0.05, 0.1) is 19.2 Å². The zero-order valence-electron chi connectivity index (χ0n) is 16.6. The number of benzene rings is 2. The molecule has 0 atom stereocenters. The second-order valence-electron chi connectivity index (χ2n) is 8.35. The third kappa shape index (κ3) is 4.53. The van der Waals surface area contributed by atoms with E-state index in [0.29, 0.717) is 11.1 Å². The van der Waals surface area contributed by atoms with E-state index in [2.05, 4.69) is 0 Å². The highest BCUT2D eigenvalue weighted by atomic mass is 28.3. The lowest BCUT2D eigenvalue weighted by Crippen LogP contribution is -2.43. The normalized spacial score (nSPS) is 15.9. The molecule has 148 valence electrons. The van der Waals surface area contributed by atoms with Crippen molar-refractivity contribution in [3.05, 3.63) is 69.8 Å². The highest BCUT2D eigenvalue weighted by Crippen LogP contribution is 2.36. The van der Waals surface area contributed by atoms with Crippen molar-refractivity contribution in [1.82, 2.24) is 0 Å². The Morgan fingerprint density at radius 3 is 1.61 bits per heavy atom. The molecule has 0 amide bonds. The molecule has 0 saturated carbocycles. The SMILES string of the molecule is Cc1ccc(C(=O)O)c(C[Si]2(Cc3cc(C)ccc3C(=O)O)CCCCC2)c1. The van der Waals surface area contributed by atoms with Crippen LogP contribution < -0.4 is 0 Å². The van der Waals surface area contributed by atoms with E-state index in [1.165, 1.54) is 6.42 Å². The van der Waals surface area contributed by atoms with Crippen LogP contribution in [0.25, 0.3) is 0 Å². The number of carboxylic acids is 2. The first-order valence-electron chi connectivity index (χ1n) is 9.95. The number of carbonyl (C=O) groups is 2. The summed E-state index contributed by atoms with van der Waals surface area (Å²) in [4.78, 5) is 23.5. The van der Waals surface area contributed by atoms with E-state index in [1.807, 2.05) is 38.1 Å². The third-order valence-corrected chi connectivity index (χ3v) is 11.1. The predicted molar refractivity (Wildman–Crippen MR) is 113 cm³/mol. The fourth-order valence-corrected chi connectivity index (χ4v) is 9.96. The fourth-order valence-electron chi connectivity index (χ4n) is 4.68. The highest BCUT2D eigenvalue weighted by molar-refractivity contribution is 6.79. The van der Waals surface area contributed by atoms with Gasteiger partial charge in [-0.2, -0.15) is 0 Å². The summed E-state index contributed by atoms with van der Waals surface area (Å²) in [6.07, 6.45) is 3.54. The summed E-state index contributed by atoms with van der Waals surface area (Å²) in [5.74, 6) is -1.76. The van der Waals surface area contributed by atoms with Gasteiger partial charge in [-0.25, -0.2) is 9.59 Å². The van der Waals surface area contributed by atoms with Crippen molar-refractivity contribution in [3.63, 3.8) is 0 Å². The largest absolute Gasteiger partial charge is 0.478 e. The predicted octanol–water partition coefficient (Wildman–Crippen LogP) is 5.20. The van der Waals surface area contributed by atoms with Gasteiger partial charge in [0.25, 0.3) is 0 Å². The number of hydrogen-bond donors (Lipinski definition) is 2. The fraction of sp³-hybridized carbons (Fsp3) is 0.391. The maximum atomic E-state index is 11.8. The summed E-state index contributed by atoms with van der Waals surface area (Å²) in [5, 5.41) is 19.3. The minimum absolute atomic E-state index is 0.394. The topological polar surface area (TPSA) is 74.6 Å². The molecular weight excluding hydrogens is 368 g/mol. The molecule has 1 aliphatic heterocycles. The Labute approximate surface area is 167 Å². The molecule has 0 radical (unpaired) electrons. The van der Waals surface area contributed by atoms with Crippen LogP contribution in [0.5, 0.6) is 0 Å². The van der Waals surface area contributed by atoms with Crippen LogP contribution in [0.4, 0.5) is 0 Å². The summed E-state index contributed by atoms with van der Waals surface area (Å²) in [5.41, 5.74) is 4.77. The summed E-state index contributed by atoms with van der Waals surface area (Å²) < 4.78 is 0. The Balaban J connectivity index is 2.02. The average molecular weight is 397 g/mol. The molecule has 1 heterocycles. The van der Waals surface area contributed by atoms with E-state index in [4.69, 9.17) is 0 Å². The zero-order valence-corrected chi connectivity index (χ0v) is 17.6. The highest BCUT2D eigenvalue weighted by Gasteiger charge is 2.36. The first-order chi connectivity index (χ1) is 13.3. The minimum atomic E-state index is -1.89. The van der Waals surface area contributed by atoms with Crippen molar-refractivity contribution in [2.45, 2.75) is 57.3 Å². The lowest BCUT2D eigenvalue weighted by Gasteiger charge is -2.36. The molecule has 2 N–H and O–H groups in total. The third-order valence-electron chi connectivity index (χ3n) is 6.03. The summed E-state index contributed by atoms with van der Waals surface area (Å²) >= 11 is 0. The van der Waals surface area contributed by atoms with Gasteiger partial charge in [-0.3, -0.25) is 0 Å². The molecule has 0 unspecified atom stereocenters. The Morgan fingerprint density at radius 2 is 1.21 bits per heavy atom. The number of hydrogen-bond acceptors (Lipinski definition) is 2. The lowest BCUT2D eigenvalue weighted by atomic mass is 10.1. The Hall–Kier alpha value is -2.40. The molecule has 1 saturated heterocycles. The van der Waals surface area contributed by atoms with Crippen molar-refractivity contribution in [1.29, 1.82) is 0 Å². The van der Waals surface area contributed by atoms with Crippen LogP contribution >= 0.6 is 0 Å². The molecule has 0 aromatic heterocycles. The number of carboxylic acid groups (broad SMARTS) is 2. The molecule has 0 aliphatic carbocycles. The van der Waals surface area contributed by atoms with Gasteiger partial charge in [0.15, 0.2) is 0 Å². The van der Waals surface area contributed by atoms with Gasteiger partial charge in [-0.15, -0.1) is 0 Å². The number of rotatable bonds is 6. The maximum absolute atomic E-state index is 11.8. The van der Waals surface area contributed by atoms with Gasteiger partial charge in [0.1, 0.15) is 0 Å². The van der Waals surface area contributed by atoms with Crippen LogP contribution in [0.2, 0.25) is 12.1 Å². The monoisotopic (exact) mass is 396 g/mol. The smallest absolute Gasteiger partial charge is 0.335 e. The molecule has 28 heavy (non-hydrogen) atoms. The van der Waals surface area contributed by atoms with Crippen LogP contribution in [-0.2, 0) is 12.1 Å². The van der Waals surface area contributed by atoms with Crippen LogP contribution in [0.1, 0.15) is 62.2 Å². The van der Waals surface area contributed by atoms with Crippen molar-refractivity contribution < 1.29 is 19.8 Å². The van der Waals surface area contributed by atoms with E-state index >= 15 is 0 Å². The molecule has 1 fully saturated rings. The van der Waals surface area contributed by atoms with Gasteiger partial charge in [0, 0.05) is 0 Å². The van der Waals surface area contributed by atoms with Gasteiger partial charge < -0.3 is 10.2 Å². The molecule has 1 aliphatic rings. The standard InChI is InChI=1S/C23H28O4Si/c1-16-6-8-20(22(24)25)18(12-16)14-28(10-4-3-5-11-28)15-19-13-17(2)7-9-21(19)23(26)27/h6-9,12-13H,3-5,10-11,14-15H2,1-2H3,(H,24,25)(H,26,27). The molecule has 0 bridgehead atoms. The lowest BCUT2D eigenvalue weighted by molar-refractivity contribution is 0.0685. The molecule has 0 spiro atoms. The minimum Gasteiger partial charge on any atom is -0.478 e.